The van der Waals surface area contributed by atoms with Gasteiger partial charge in [0.15, 0.2) is 12.6 Å². The summed E-state index contributed by atoms with van der Waals surface area (Å²) in [7, 11) is 0. The lowest BCUT2D eigenvalue weighted by Crippen LogP contribution is -2.25. The molecule has 5 heteroatoms. The number of rotatable bonds is 3. The molecular formula is C12H17N3O2. The van der Waals surface area contributed by atoms with E-state index in [4.69, 9.17) is 16.2 Å². The summed E-state index contributed by atoms with van der Waals surface area (Å²) in [5, 5.41) is 0. The fourth-order valence-electron chi connectivity index (χ4n) is 1.70. The third kappa shape index (κ3) is 3.79. The Balaban J connectivity index is 2.77. The molecule has 17 heavy (non-hydrogen) atoms. The molecule has 1 amide bonds. The van der Waals surface area contributed by atoms with E-state index in [-0.39, 0.29) is 12.6 Å². The van der Waals surface area contributed by atoms with Gasteiger partial charge in [0.1, 0.15) is 5.75 Å². The van der Waals surface area contributed by atoms with Gasteiger partial charge in [0.05, 0.1) is 0 Å². The van der Waals surface area contributed by atoms with E-state index >= 15 is 0 Å². The molecule has 0 saturated carbocycles. The zero-order chi connectivity index (χ0) is 13.0. The molecule has 0 fully saturated rings. The van der Waals surface area contributed by atoms with E-state index in [2.05, 4.69) is 4.99 Å². The first-order valence-electron chi connectivity index (χ1n) is 5.23. The van der Waals surface area contributed by atoms with Crippen molar-refractivity contribution >= 4 is 11.9 Å². The highest BCUT2D eigenvalue weighted by atomic mass is 16.5. The molecule has 0 heterocycles. The molecule has 0 radical (unpaired) electrons. The number of amides is 1. The van der Waals surface area contributed by atoms with Crippen LogP contribution in [0.5, 0.6) is 5.75 Å². The number of aliphatic imine (C=N–C) groups is 1. The van der Waals surface area contributed by atoms with Gasteiger partial charge in [-0.1, -0.05) is 17.7 Å². The van der Waals surface area contributed by atoms with Crippen molar-refractivity contribution in [1.29, 1.82) is 0 Å². The monoisotopic (exact) mass is 235 g/mol. The summed E-state index contributed by atoms with van der Waals surface area (Å²) >= 11 is 0. The molecule has 4 N–H and O–H groups in total. The third-order valence-corrected chi connectivity index (χ3v) is 2.20. The molecule has 0 saturated heterocycles. The number of hydrogen-bond acceptors (Lipinski definition) is 2. The zero-order valence-corrected chi connectivity index (χ0v) is 10.3. The number of ether oxygens (including phenoxy) is 1. The minimum absolute atomic E-state index is 0.164. The van der Waals surface area contributed by atoms with Crippen LogP contribution in [0.3, 0.4) is 0 Å². The predicted molar refractivity (Wildman–Crippen MR) is 67.0 cm³/mol. The van der Waals surface area contributed by atoms with Gasteiger partial charge in [0.25, 0.3) is 5.91 Å². The summed E-state index contributed by atoms with van der Waals surface area (Å²) in [6.07, 6.45) is 0. The summed E-state index contributed by atoms with van der Waals surface area (Å²) in [4.78, 5) is 14.6. The van der Waals surface area contributed by atoms with Gasteiger partial charge in [-0.3, -0.25) is 4.79 Å². The van der Waals surface area contributed by atoms with Gasteiger partial charge < -0.3 is 16.2 Å². The summed E-state index contributed by atoms with van der Waals surface area (Å²) in [6, 6.07) is 3.99. The van der Waals surface area contributed by atoms with E-state index in [0.717, 1.165) is 16.7 Å². The number of aryl methyl sites for hydroxylation is 3. The summed E-state index contributed by atoms with van der Waals surface area (Å²) in [6.45, 7) is 5.71. The average molecular weight is 235 g/mol. The van der Waals surface area contributed by atoms with Crippen molar-refractivity contribution in [2.24, 2.45) is 16.5 Å². The molecule has 0 aromatic heterocycles. The van der Waals surface area contributed by atoms with E-state index in [1.807, 2.05) is 32.9 Å². The number of carbonyl (C=O) groups excluding carboxylic acids is 1. The highest BCUT2D eigenvalue weighted by Crippen LogP contribution is 2.24. The van der Waals surface area contributed by atoms with Crippen LogP contribution in [-0.2, 0) is 4.79 Å². The SMILES string of the molecule is Cc1cc(C)c(OCC(=O)N=C(N)N)c(C)c1. The van der Waals surface area contributed by atoms with Crippen molar-refractivity contribution in [3.8, 4) is 5.75 Å². The second-order valence-corrected chi connectivity index (χ2v) is 3.95. The summed E-state index contributed by atoms with van der Waals surface area (Å²) < 4.78 is 5.42. The Hall–Kier alpha value is -2.04. The van der Waals surface area contributed by atoms with Crippen molar-refractivity contribution in [1.82, 2.24) is 0 Å². The molecule has 0 aliphatic carbocycles. The first kappa shape index (κ1) is 13.0. The highest BCUT2D eigenvalue weighted by Gasteiger charge is 2.07. The number of nitrogens with zero attached hydrogens (tertiary/aromatic N) is 1. The van der Waals surface area contributed by atoms with E-state index in [0.29, 0.717) is 5.75 Å². The van der Waals surface area contributed by atoms with Crippen LogP contribution in [0.15, 0.2) is 17.1 Å². The second-order valence-electron chi connectivity index (χ2n) is 3.95. The Kier molecular flexibility index (Phi) is 4.09. The molecule has 92 valence electrons. The van der Waals surface area contributed by atoms with Gasteiger partial charge >= 0.3 is 0 Å². The average Bonchev–Trinajstić information content (AvgIpc) is 2.14. The van der Waals surface area contributed by atoms with Gasteiger partial charge in [-0.2, -0.15) is 4.99 Å². The lowest BCUT2D eigenvalue weighted by Gasteiger charge is -2.11. The van der Waals surface area contributed by atoms with Crippen LogP contribution in [0.2, 0.25) is 0 Å². The van der Waals surface area contributed by atoms with Crippen LogP contribution in [0.1, 0.15) is 16.7 Å². The van der Waals surface area contributed by atoms with Crippen molar-refractivity contribution in [2.75, 3.05) is 6.61 Å². The smallest absolute Gasteiger partial charge is 0.286 e. The third-order valence-electron chi connectivity index (χ3n) is 2.20. The number of benzene rings is 1. The molecule has 0 unspecified atom stereocenters. The van der Waals surface area contributed by atoms with Crippen molar-refractivity contribution in [3.63, 3.8) is 0 Å². The van der Waals surface area contributed by atoms with Crippen molar-refractivity contribution < 1.29 is 9.53 Å². The Morgan fingerprint density at radius 1 is 1.24 bits per heavy atom. The van der Waals surface area contributed by atoms with Crippen LogP contribution in [0.4, 0.5) is 0 Å². The largest absolute Gasteiger partial charge is 0.483 e. The number of nitrogens with two attached hydrogens (primary N) is 2. The number of hydrogen-bond donors (Lipinski definition) is 2. The predicted octanol–water partition coefficient (Wildman–Crippen LogP) is 0.791. The van der Waals surface area contributed by atoms with E-state index in [9.17, 15) is 4.79 Å². The molecule has 0 atom stereocenters. The topological polar surface area (TPSA) is 90.7 Å². The number of guanidine groups is 1. The Morgan fingerprint density at radius 3 is 2.24 bits per heavy atom. The zero-order valence-electron chi connectivity index (χ0n) is 10.3. The van der Waals surface area contributed by atoms with Crippen molar-refractivity contribution in [3.05, 3.63) is 28.8 Å². The van der Waals surface area contributed by atoms with Crippen LogP contribution in [0.25, 0.3) is 0 Å². The summed E-state index contributed by atoms with van der Waals surface area (Å²) in [5.41, 5.74) is 13.3. The number of carbonyl (C=O) groups is 1. The Labute approximate surface area is 100 Å². The first-order valence-corrected chi connectivity index (χ1v) is 5.23. The maximum Gasteiger partial charge on any atom is 0.286 e. The fourth-order valence-corrected chi connectivity index (χ4v) is 1.70. The maximum absolute atomic E-state index is 11.2. The molecule has 0 bridgehead atoms. The van der Waals surface area contributed by atoms with Crippen LogP contribution >= 0.6 is 0 Å². The minimum atomic E-state index is -0.496. The van der Waals surface area contributed by atoms with E-state index < -0.39 is 5.91 Å². The van der Waals surface area contributed by atoms with Gasteiger partial charge in [-0.25, -0.2) is 0 Å². The van der Waals surface area contributed by atoms with Gasteiger partial charge in [0, 0.05) is 0 Å². The van der Waals surface area contributed by atoms with Gasteiger partial charge in [-0.15, -0.1) is 0 Å². The van der Waals surface area contributed by atoms with Crippen LogP contribution in [-0.4, -0.2) is 18.5 Å². The molecule has 0 aliphatic heterocycles. The second kappa shape index (κ2) is 5.34. The lowest BCUT2D eigenvalue weighted by atomic mass is 10.1. The highest BCUT2D eigenvalue weighted by molar-refractivity contribution is 5.92. The Bertz CT molecular complexity index is 440. The molecule has 1 aromatic rings. The quantitative estimate of drug-likeness (QED) is 0.598. The van der Waals surface area contributed by atoms with Crippen molar-refractivity contribution in [2.45, 2.75) is 20.8 Å². The normalized spacial score (nSPS) is 9.82. The molecule has 0 aliphatic rings. The van der Waals surface area contributed by atoms with E-state index in [1.54, 1.807) is 0 Å². The van der Waals surface area contributed by atoms with Gasteiger partial charge in [-0.05, 0) is 31.9 Å². The minimum Gasteiger partial charge on any atom is -0.483 e. The lowest BCUT2D eigenvalue weighted by molar-refractivity contribution is -0.119. The molecular weight excluding hydrogens is 218 g/mol. The Morgan fingerprint density at radius 2 is 1.76 bits per heavy atom. The van der Waals surface area contributed by atoms with Gasteiger partial charge in [0.2, 0.25) is 0 Å². The fraction of sp³-hybridized carbons (Fsp3) is 0.333. The molecule has 0 spiro atoms. The van der Waals surface area contributed by atoms with Crippen LogP contribution < -0.4 is 16.2 Å². The molecule has 1 aromatic carbocycles. The molecule has 1 rings (SSSR count). The maximum atomic E-state index is 11.2. The molecule has 5 nitrogen and oxygen atoms in total. The first-order chi connectivity index (χ1) is 7.90. The van der Waals surface area contributed by atoms with Crippen LogP contribution in [0, 0.1) is 20.8 Å². The standard InChI is InChI=1S/C12H17N3O2/c1-7-4-8(2)11(9(3)5-7)17-6-10(16)15-12(13)14/h4-5H,6H2,1-3H3,(H4,13,14,15,16). The summed E-state index contributed by atoms with van der Waals surface area (Å²) in [5.74, 6) is -0.0462. The van der Waals surface area contributed by atoms with E-state index in [1.165, 1.54) is 0 Å².